The van der Waals surface area contributed by atoms with Crippen molar-refractivity contribution >= 4 is 16.9 Å². The largest absolute Gasteiger partial charge is 0.469 e. The third kappa shape index (κ3) is 2.74. The van der Waals surface area contributed by atoms with Crippen LogP contribution in [0.4, 0.5) is 0 Å². The lowest BCUT2D eigenvalue weighted by molar-refractivity contribution is -0.152. The Morgan fingerprint density at radius 2 is 2.23 bits per heavy atom. The fourth-order valence-electron chi connectivity index (χ4n) is 5.20. The number of hydrogen-bond acceptors (Lipinski definition) is 4. The smallest absolute Gasteiger partial charge is 0.311 e. The molecule has 1 aromatic heterocycles. The van der Waals surface area contributed by atoms with E-state index in [4.69, 9.17) is 4.74 Å². The molecule has 0 unspecified atom stereocenters. The number of para-hydroxylation sites is 1. The summed E-state index contributed by atoms with van der Waals surface area (Å²) < 4.78 is 4.98. The zero-order valence-corrected chi connectivity index (χ0v) is 15.6. The van der Waals surface area contributed by atoms with Crippen LogP contribution in [0.15, 0.2) is 24.3 Å². The molecule has 140 valence electrons. The van der Waals surface area contributed by atoms with E-state index in [2.05, 4.69) is 41.1 Å². The Balaban J connectivity index is 1.70. The molecule has 2 aliphatic rings. The molecule has 3 heterocycles. The van der Waals surface area contributed by atoms with Gasteiger partial charge in [0.2, 0.25) is 0 Å². The minimum Gasteiger partial charge on any atom is -0.469 e. The maximum atomic E-state index is 12.2. The average molecular weight is 356 g/mol. The van der Waals surface area contributed by atoms with Crippen molar-refractivity contribution < 1.29 is 14.6 Å². The molecule has 1 fully saturated rings. The first-order valence-electron chi connectivity index (χ1n) is 9.70. The fraction of sp³-hybridized carbons (Fsp3) is 0.571. The van der Waals surface area contributed by atoms with Crippen LogP contribution in [0.1, 0.15) is 37.1 Å². The second kappa shape index (κ2) is 7.05. The van der Waals surface area contributed by atoms with Crippen molar-refractivity contribution in [1.29, 1.82) is 0 Å². The molecule has 0 amide bonds. The lowest BCUT2D eigenvalue weighted by Crippen LogP contribution is -2.49. The first-order valence-corrected chi connectivity index (χ1v) is 9.70. The van der Waals surface area contributed by atoms with Crippen LogP contribution in [0.25, 0.3) is 10.9 Å². The molecular formula is C21H28N2O3. The van der Waals surface area contributed by atoms with Gasteiger partial charge in [0.15, 0.2) is 0 Å². The molecule has 26 heavy (non-hydrogen) atoms. The zero-order valence-electron chi connectivity index (χ0n) is 15.6. The Morgan fingerprint density at radius 3 is 2.96 bits per heavy atom. The second-order valence-electron chi connectivity index (χ2n) is 7.70. The molecule has 4 rings (SSSR count). The van der Waals surface area contributed by atoms with Crippen LogP contribution >= 0.6 is 0 Å². The summed E-state index contributed by atoms with van der Waals surface area (Å²) in [6.45, 7) is 4.08. The molecule has 2 aromatic rings. The van der Waals surface area contributed by atoms with Gasteiger partial charge in [-0.1, -0.05) is 31.5 Å². The van der Waals surface area contributed by atoms with Gasteiger partial charge in [-0.2, -0.15) is 0 Å². The van der Waals surface area contributed by atoms with E-state index in [1.54, 1.807) is 0 Å². The number of hydrogen-bond donors (Lipinski definition) is 2. The van der Waals surface area contributed by atoms with Crippen LogP contribution in [0.5, 0.6) is 0 Å². The molecule has 5 nitrogen and oxygen atoms in total. The summed E-state index contributed by atoms with van der Waals surface area (Å²) >= 11 is 0. The average Bonchev–Trinajstić information content (AvgIpc) is 3.07. The summed E-state index contributed by atoms with van der Waals surface area (Å²) in [4.78, 5) is 18.5. The first kappa shape index (κ1) is 17.6. The quantitative estimate of drug-likeness (QED) is 0.827. The number of nitrogens with one attached hydrogen (secondary N) is 1. The second-order valence-corrected chi connectivity index (χ2v) is 7.70. The van der Waals surface area contributed by atoms with Crippen LogP contribution in [0, 0.1) is 17.8 Å². The van der Waals surface area contributed by atoms with Gasteiger partial charge in [-0.3, -0.25) is 9.69 Å². The minimum absolute atomic E-state index is 0.139. The van der Waals surface area contributed by atoms with E-state index in [9.17, 15) is 9.90 Å². The molecule has 5 heteroatoms. The van der Waals surface area contributed by atoms with Crippen LogP contribution in [-0.2, 0) is 16.0 Å². The SMILES string of the molecule is CC[C@H]1CN2CCc3c([nH]c4ccccc34)[C@@H]2C[C@H]1[C@H](CO)C(=O)OC. The molecular weight excluding hydrogens is 328 g/mol. The van der Waals surface area contributed by atoms with Gasteiger partial charge in [0, 0.05) is 29.7 Å². The lowest BCUT2D eigenvalue weighted by Gasteiger charge is -2.47. The molecule has 0 bridgehead atoms. The van der Waals surface area contributed by atoms with Crippen molar-refractivity contribution in [3.8, 4) is 0 Å². The summed E-state index contributed by atoms with van der Waals surface area (Å²) in [5, 5.41) is 11.2. The van der Waals surface area contributed by atoms with Crippen LogP contribution in [0.2, 0.25) is 0 Å². The van der Waals surface area contributed by atoms with Crippen LogP contribution in [-0.4, -0.2) is 47.8 Å². The van der Waals surface area contributed by atoms with Crippen molar-refractivity contribution in [3.63, 3.8) is 0 Å². The number of esters is 1. The van der Waals surface area contributed by atoms with E-state index in [1.165, 1.54) is 29.3 Å². The maximum Gasteiger partial charge on any atom is 0.311 e. The third-order valence-electron chi connectivity index (χ3n) is 6.58. The number of fused-ring (bicyclic) bond motifs is 5. The number of ether oxygens (including phenoxy) is 1. The molecule has 4 atom stereocenters. The highest BCUT2D eigenvalue weighted by Gasteiger charge is 2.44. The molecule has 0 aliphatic carbocycles. The number of rotatable bonds is 4. The van der Waals surface area contributed by atoms with Gasteiger partial charge >= 0.3 is 5.97 Å². The predicted octanol–water partition coefficient (Wildman–Crippen LogP) is 2.89. The summed E-state index contributed by atoms with van der Waals surface area (Å²) in [5.41, 5.74) is 3.92. The number of benzene rings is 1. The van der Waals surface area contributed by atoms with Gasteiger partial charge < -0.3 is 14.8 Å². The van der Waals surface area contributed by atoms with Gasteiger partial charge in [-0.25, -0.2) is 0 Å². The molecule has 1 aromatic carbocycles. The van der Waals surface area contributed by atoms with E-state index in [1.807, 2.05) is 0 Å². The number of piperidine rings is 1. The predicted molar refractivity (Wildman–Crippen MR) is 101 cm³/mol. The van der Waals surface area contributed by atoms with Crippen molar-refractivity contribution in [3.05, 3.63) is 35.5 Å². The molecule has 2 N–H and O–H groups in total. The molecule has 0 saturated carbocycles. The topological polar surface area (TPSA) is 65.6 Å². The highest BCUT2D eigenvalue weighted by atomic mass is 16.5. The Morgan fingerprint density at radius 1 is 1.42 bits per heavy atom. The number of nitrogens with zero attached hydrogens (tertiary/aromatic N) is 1. The number of aliphatic hydroxyl groups is 1. The highest BCUT2D eigenvalue weighted by Crippen LogP contribution is 2.45. The van der Waals surface area contributed by atoms with Gasteiger partial charge in [-0.15, -0.1) is 0 Å². The van der Waals surface area contributed by atoms with E-state index < -0.39 is 5.92 Å². The number of carbonyl (C=O) groups is 1. The van der Waals surface area contributed by atoms with E-state index >= 15 is 0 Å². The van der Waals surface area contributed by atoms with E-state index in [0.29, 0.717) is 5.92 Å². The standard InChI is InChI=1S/C21H28N2O3/c1-3-13-11-23-9-8-15-14-6-4-5-7-18(14)22-20(15)19(23)10-16(13)17(12-24)21(25)26-2/h4-7,13,16-17,19,22,24H,3,8-12H2,1-2H3/t13-,16+,17-,19-/m0/s1. The number of H-pyrrole nitrogens is 1. The Hall–Kier alpha value is -1.85. The van der Waals surface area contributed by atoms with Gasteiger partial charge in [0.25, 0.3) is 0 Å². The maximum absolute atomic E-state index is 12.2. The third-order valence-corrected chi connectivity index (χ3v) is 6.58. The molecule has 0 radical (unpaired) electrons. The van der Waals surface area contributed by atoms with E-state index in [0.717, 1.165) is 32.4 Å². The van der Waals surface area contributed by atoms with Crippen LogP contribution in [0.3, 0.4) is 0 Å². The Kier molecular flexibility index (Phi) is 4.76. The van der Waals surface area contributed by atoms with Crippen molar-refractivity contribution in [2.45, 2.75) is 32.2 Å². The van der Waals surface area contributed by atoms with Crippen molar-refractivity contribution in [2.75, 3.05) is 26.8 Å². The Bertz CT molecular complexity index is 800. The van der Waals surface area contributed by atoms with Gasteiger partial charge in [0.1, 0.15) is 0 Å². The summed E-state index contributed by atoms with van der Waals surface area (Å²) in [5.74, 6) is -0.150. The number of methoxy groups -OCH3 is 1. The first-order chi connectivity index (χ1) is 12.7. The lowest BCUT2D eigenvalue weighted by atomic mass is 9.71. The molecule has 0 spiro atoms. The zero-order chi connectivity index (χ0) is 18.3. The normalized spacial score (nSPS) is 27.0. The number of aromatic nitrogens is 1. The molecule has 2 aliphatic heterocycles. The van der Waals surface area contributed by atoms with Gasteiger partial charge in [-0.05, 0) is 36.3 Å². The summed E-state index contributed by atoms with van der Waals surface area (Å²) in [6, 6.07) is 8.78. The molecule has 1 saturated heterocycles. The number of aliphatic hydroxyl groups excluding tert-OH is 1. The minimum atomic E-state index is -0.429. The van der Waals surface area contributed by atoms with Crippen molar-refractivity contribution in [1.82, 2.24) is 9.88 Å². The number of carbonyl (C=O) groups excluding carboxylic acids is 1. The van der Waals surface area contributed by atoms with Crippen molar-refractivity contribution in [2.24, 2.45) is 17.8 Å². The Labute approximate surface area is 154 Å². The highest BCUT2D eigenvalue weighted by molar-refractivity contribution is 5.85. The van der Waals surface area contributed by atoms with E-state index in [-0.39, 0.29) is 24.5 Å². The fourth-order valence-corrected chi connectivity index (χ4v) is 5.20. The van der Waals surface area contributed by atoms with Crippen LogP contribution < -0.4 is 0 Å². The summed E-state index contributed by atoms with van der Waals surface area (Å²) in [7, 11) is 1.41. The number of aromatic amines is 1. The monoisotopic (exact) mass is 356 g/mol. The van der Waals surface area contributed by atoms with Gasteiger partial charge in [0.05, 0.1) is 25.7 Å². The summed E-state index contributed by atoms with van der Waals surface area (Å²) in [6.07, 6.45) is 2.97.